The third-order valence-corrected chi connectivity index (χ3v) is 4.07. The van der Waals surface area contributed by atoms with Crippen LogP contribution in [-0.2, 0) is 13.5 Å². The zero-order valence-corrected chi connectivity index (χ0v) is 11.9. The fraction of sp³-hybridized carbons (Fsp3) is 0.786. The molecule has 18 heavy (non-hydrogen) atoms. The smallest absolute Gasteiger partial charge is 0.150 e. The molecular formula is C14H26N4. The molecule has 4 heteroatoms. The summed E-state index contributed by atoms with van der Waals surface area (Å²) < 4.78 is 1.95. The second-order valence-electron chi connectivity index (χ2n) is 5.38. The Labute approximate surface area is 110 Å². The van der Waals surface area contributed by atoms with E-state index in [1.54, 1.807) is 0 Å². The van der Waals surface area contributed by atoms with E-state index in [-0.39, 0.29) is 0 Å². The third kappa shape index (κ3) is 2.47. The first kappa shape index (κ1) is 13.2. The number of piperidine rings is 1. The van der Waals surface area contributed by atoms with Gasteiger partial charge in [-0.05, 0) is 25.2 Å². The number of rotatable bonds is 4. The molecule has 2 rings (SSSR count). The lowest BCUT2D eigenvalue weighted by Crippen LogP contribution is -2.35. The molecule has 102 valence electrons. The molecule has 2 N–H and O–H groups in total. The van der Waals surface area contributed by atoms with Crippen molar-refractivity contribution in [2.24, 2.45) is 13.0 Å². The van der Waals surface area contributed by atoms with E-state index in [2.05, 4.69) is 23.8 Å². The molecule has 0 spiro atoms. The Kier molecular flexibility index (Phi) is 4.15. The second kappa shape index (κ2) is 5.63. The van der Waals surface area contributed by atoms with Crippen LogP contribution in [0.15, 0.2) is 0 Å². The molecule has 1 saturated heterocycles. The van der Waals surface area contributed by atoms with Crippen LogP contribution in [0.25, 0.3) is 0 Å². The highest BCUT2D eigenvalue weighted by Crippen LogP contribution is 2.31. The van der Waals surface area contributed by atoms with Gasteiger partial charge in [0.15, 0.2) is 0 Å². The number of anilines is 2. The van der Waals surface area contributed by atoms with Crippen LogP contribution in [0.1, 0.15) is 45.2 Å². The van der Waals surface area contributed by atoms with Gasteiger partial charge in [-0.1, -0.05) is 26.7 Å². The van der Waals surface area contributed by atoms with Gasteiger partial charge < -0.3 is 10.6 Å². The average Bonchev–Trinajstić information content (AvgIpc) is 2.66. The summed E-state index contributed by atoms with van der Waals surface area (Å²) in [6.45, 7) is 6.63. The Bertz CT molecular complexity index is 389. The Morgan fingerprint density at radius 1 is 1.28 bits per heavy atom. The van der Waals surface area contributed by atoms with Crippen molar-refractivity contribution < 1.29 is 0 Å². The topological polar surface area (TPSA) is 47.1 Å². The first-order valence-electron chi connectivity index (χ1n) is 7.23. The van der Waals surface area contributed by atoms with Crippen LogP contribution < -0.4 is 10.6 Å². The van der Waals surface area contributed by atoms with E-state index in [4.69, 9.17) is 5.73 Å². The number of nitrogens with two attached hydrogens (primary N) is 1. The minimum Gasteiger partial charge on any atom is -0.394 e. The van der Waals surface area contributed by atoms with Crippen LogP contribution in [0.5, 0.6) is 0 Å². The van der Waals surface area contributed by atoms with Crippen LogP contribution >= 0.6 is 0 Å². The molecule has 1 aliphatic heterocycles. The lowest BCUT2D eigenvalue weighted by atomic mass is 9.92. The van der Waals surface area contributed by atoms with Gasteiger partial charge in [0.2, 0.25) is 0 Å². The fourth-order valence-corrected chi connectivity index (χ4v) is 3.06. The molecule has 0 bridgehead atoms. The molecule has 0 amide bonds. The van der Waals surface area contributed by atoms with Crippen molar-refractivity contribution >= 4 is 11.5 Å². The summed E-state index contributed by atoms with van der Waals surface area (Å²) in [7, 11) is 2.00. The number of aromatic nitrogens is 2. The van der Waals surface area contributed by atoms with Gasteiger partial charge >= 0.3 is 0 Å². The molecule has 0 atom stereocenters. The standard InChI is InChI=1S/C14H26N4/c1-4-6-11-7-9-18(10-8-11)14-13(15)12(5-2)16-17(14)3/h11H,4-10,15H2,1-3H3. The summed E-state index contributed by atoms with van der Waals surface area (Å²) in [4.78, 5) is 2.41. The molecule has 1 aromatic heterocycles. The molecular weight excluding hydrogens is 224 g/mol. The number of nitrogen functional groups attached to an aromatic ring is 1. The van der Waals surface area contributed by atoms with Gasteiger partial charge in [0, 0.05) is 20.1 Å². The molecule has 1 aromatic rings. The maximum atomic E-state index is 6.21. The summed E-state index contributed by atoms with van der Waals surface area (Å²) in [5.41, 5.74) is 8.13. The quantitative estimate of drug-likeness (QED) is 0.893. The van der Waals surface area contributed by atoms with Crippen molar-refractivity contribution in [3.8, 4) is 0 Å². The van der Waals surface area contributed by atoms with E-state index >= 15 is 0 Å². The predicted octanol–water partition coefficient (Wildman–Crippen LogP) is 2.58. The number of nitrogens with zero attached hydrogens (tertiary/aromatic N) is 3. The van der Waals surface area contributed by atoms with Crippen LogP contribution in [0, 0.1) is 5.92 Å². The van der Waals surface area contributed by atoms with Crippen molar-refractivity contribution in [3.05, 3.63) is 5.69 Å². The number of hydrogen-bond acceptors (Lipinski definition) is 3. The molecule has 0 aliphatic carbocycles. The summed E-state index contributed by atoms with van der Waals surface area (Å²) in [6, 6.07) is 0. The van der Waals surface area contributed by atoms with Crippen LogP contribution in [-0.4, -0.2) is 22.9 Å². The molecule has 0 radical (unpaired) electrons. The zero-order chi connectivity index (χ0) is 13.1. The minimum atomic E-state index is 0.883. The van der Waals surface area contributed by atoms with E-state index < -0.39 is 0 Å². The van der Waals surface area contributed by atoms with Crippen molar-refractivity contribution in [2.75, 3.05) is 23.7 Å². The van der Waals surface area contributed by atoms with Crippen LogP contribution in [0.3, 0.4) is 0 Å². The van der Waals surface area contributed by atoms with E-state index in [9.17, 15) is 0 Å². The number of hydrogen-bond donors (Lipinski definition) is 1. The largest absolute Gasteiger partial charge is 0.394 e. The predicted molar refractivity (Wildman–Crippen MR) is 76.8 cm³/mol. The van der Waals surface area contributed by atoms with Crippen molar-refractivity contribution in [2.45, 2.75) is 46.0 Å². The molecule has 1 fully saturated rings. The maximum Gasteiger partial charge on any atom is 0.150 e. The highest BCUT2D eigenvalue weighted by atomic mass is 15.4. The summed E-state index contributed by atoms with van der Waals surface area (Å²) >= 11 is 0. The molecule has 0 unspecified atom stereocenters. The van der Waals surface area contributed by atoms with Crippen LogP contribution in [0.2, 0.25) is 0 Å². The molecule has 4 nitrogen and oxygen atoms in total. The van der Waals surface area contributed by atoms with E-state index in [1.165, 1.54) is 25.7 Å². The molecule has 1 aliphatic rings. The van der Waals surface area contributed by atoms with Gasteiger partial charge in [-0.15, -0.1) is 0 Å². The van der Waals surface area contributed by atoms with E-state index in [0.717, 1.165) is 42.6 Å². The van der Waals surface area contributed by atoms with Gasteiger partial charge in [0.05, 0.1) is 11.4 Å². The minimum absolute atomic E-state index is 0.883. The number of aryl methyl sites for hydroxylation is 2. The Morgan fingerprint density at radius 2 is 1.94 bits per heavy atom. The Morgan fingerprint density at radius 3 is 2.44 bits per heavy atom. The summed E-state index contributed by atoms with van der Waals surface area (Å²) in [5, 5.41) is 4.51. The summed E-state index contributed by atoms with van der Waals surface area (Å²) in [5.74, 6) is 2.04. The first-order valence-corrected chi connectivity index (χ1v) is 7.23. The Hall–Kier alpha value is -1.19. The van der Waals surface area contributed by atoms with Crippen molar-refractivity contribution in [1.29, 1.82) is 0 Å². The van der Waals surface area contributed by atoms with Gasteiger partial charge in [-0.3, -0.25) is 4.68 Å². The summed E-state index contributed by atoms with van der Waals surface area (Å²) in [6.07, 6.45) is 6.17. The normalized spacial score (nSPS) is 17.4. The SMILES string of the molecule is CCCC1CCN(c2c(N)c(CC)nn2C)CC1. The highest BCUT2D eigenvalue weighted by Gasteiger charge is 2.23. The van der Waals surface area contributed by atoms with E-state index in [1.807, 2.05) is 11.7 Å². The monoisotopic (exact) mass is 250 g/mol. The van der Waals surface area contributed by atoms with Gasteiger partial charge in [-0.2, -0.15) is 5.10 Å². The van der Waals surface area contributed by atoms with Crippen molar-refractivity contribution in [1.82, 2.24) is 9.78 Å². The zero-order valence-electron chi connectivity index (χ0n) is 11.9. The van der Waals surface area contributed by atoms with Gasteiger partial charge in [0.25, 0.3) is 0 Å². The highest BCUT2D eigenvalue weighted by molar-refractivity contribution is 5.66. The second-order valence-corrected chi connectivity index (χ2v) is 5.38. The van der Waals surface area contributed by atoms with Gasteiger partial charge in [0.1, 0.15) is 5.82 Å². The maximum absolute atomic E-state index is 6.21. The van der Waals surface area contributed by atoms with Crippen LogP contribution in [0.4, 0.5) is 11.5 Å². The van der Waals surface area contributed by atoms with E-state index in [0.29, 0.717) is 0 Å². The third-order valence-electron chi connectivity index (χ3n) is 4.07. The molecule has 0 saturated carbocycles. The van der Waals surface area contributed by atoms with Gasteiger partial charge in [-0.25, -0.2) is 0 Å². The fourth-order valence-electron chi connectivity index (χ4n) is 3.06. The lowest BCUT2D eigenvalue weighted by molar-refractivity contribution is 0.375. The lowest BCUT2D eigenvalue weighted by Gasteiger charge is -2.33. The first-order chi connectivity index (χ1) is 8.67. The molecule has 2 heterocycles. The Balaban J connectivity index is 2.07. The molecule has 0 aromatic carbocycles. The average molecular weight is 250 g/mol. The van der Waals surface area contributed by atoms with Crippen molar-refractivity contribution in [3.63, 3.8) is 0 Å².